The molecule has 0 saturated carbocycles. The lowest BCUT2D eigenvalue weighted by atomic mass is 10.4. The molecule has 3 N–H and O–H groups in total. The second-order valence-corrected chi connectivity index (χ2v) is 3.74. The molecule has 15 heavy (non-hydrogen) atoms. The van der Waals surface area contributed by atoms with E-state index in [4.69, 9.17) is 0 Å². The van der Waals surface area contributed by atoms with Crippen LogP contribution in [0.1, 0.15) is 5.56 Å². The van der Waals surface area contributed by atoms with Crippen LogP contribution >= 0.6 is 11.8 Å². The number of nitrogens with zero attached hydrogens (tertiary/aromatic N) is 1. The van der Waals surface area contributed by atoms with E-state index in [1.54, 1.807) is 12.4 Å². The molecule has 0 radical (unpaired) electrons. The standard InChI is InChI=1S/C8H8N4O2S/c13-6-5(3-11-7(14)12-6)4-15-8-9-1-2-10-8/h1-3H,4H2,(H,9,10)(H2,11,12,13,14). The van der Waals surface area contributed by atoms with Gasteiger partial charge in [-0.1, -0.05) is 11.8 Å². The fourth-order valence-electron chi connectivity index (χ4n) is 1.02. The van der Waals surface area contributed by atoms with E-state index in [9.17, 15) is 9.59 Å². The van der Waals surface area contributed by atoms with Crippen molar-refractivity contribution in [2.45, 2.75) is 10.9 Å². The quantitative estimate of drug-likeness (QED) is 0.643. The Kier molecular flexibility index (Phi) is 2.72. The average molecular weight is 224 g/mol. The van der Waals surface area contributed by atoms with Crippen LogP contribution in [0, 0.1) is 0 Å². The Morgan fingerprint density at radius 1 is 1.33 bits per heavy atom. The number of hydrogen-bond donors (Lipinski definition) is 3. The molecule has 0 atom stereocenters. The summed E-state index contributed by atoms with van der Waals surface area (Å²) in [4.78, 5) is 33.5. The normalized spacial score (nSPS) is 10.4. The Hall–Kier alpha value is -1.76. The molecular formula is C8H8N4O2S. The van der Waals surface area contributed by atoms with Crippen molar-refractivity contribution in [2.75, 3.05) is 0 Å². The molecule has 0 aliphatic carbocycles. The molecule has 0 aliphatic rings. The van der Waals surface area contributed by atoms with Crippen LogP contribution in [0.3, 0.4) is 0 Å². The molecular weight excluding hydrogens is 216 g/mol. The van der Waals surface area contributed by atoms with E-state index >= 15 is 0 Å². The number of thioether (sulfide) groups is 1. The van der Waals surface area contributed by atoms with Crippen molar-refractivity contribution in [3.05, 3.63) is 45.0 Å². The highest BCUT2D eigenvalue weighted by molar-refractivity contribution is 7.98. The summed E-state index contributed by atoms with van der Waals surface area (Å²) < 4.78 is 0. The zero-order chi connectivity index (χ0) is 10.7. The van der Waals surface area contributed by atoms with Gasteiger partial charge in [0.25, 0.3) is 5.56 Å². The molecule has 0 bridgehead atoms. The van der Waals surface area contributed by atoms with Crippen LogP contribution in [0.15, 0.2) is 33.3 Å². The van der Waals surface area contributed by atoms with Gasteiger partial charge in [0.2, 0.25) is 0 Å². The van der Waals surface area contributed by atoms with Crippen molar-refractivity contribution >= 4 is 11.8 Å². The summed E-state index contributed by atoms with van der Waals surface area (Å²) >= 11 is 1.39. The lowest BCUT2D eigenvalue weighted by Crippen LogP contribution is -2.24. The Morgan fingerprint density at radius 2 is 2.20 bits per heavy atom. The minimum Gasteiger partial charge on any atom is -0.340 e. The Bertz CT molecular complexity index is 542. The van der Waals surface area contributed by atoms with Crippen molar-refractivity contribution < 1.29 is 0 Å². The van der Waals surface area contributed by atoms with Crippen molar-refractivity contribution in [3.8, 4) is 0 Å². The second kappa shape index (κ2) is 4.18. The van der Waals surface area contributed by atoms with Gasteiger partial charge in [0.1, 0.15) is 0 Å². The number of imidazole rings is 1. The van der Waals surface area contributed by atoms with Crippen LogP contribution in [0.5, 0.6) is 0 Å². The molecule has 0 spiro atoms. The summed E-state index contributed by atoms with van der Waals surface area (Å²) in [5.41, 5.74) is -0.347. The van der Waals surface area contributed by atoms with E-state index in [0.717, 1.165) is 5.16 Å². The third-order valence-corrected chi connectivity index (χ3v) is 2.69. The van der Waals surface area contributed by atoms with Gasteiger partial charge in [0.05, 0.1) is 0 Å². The van der Waals surface area contributed by atoms with Gasteiger partial charge in [0, 0.05) is 29.9 Å². The summed E-state index contributed by atoms with van der Waals surface area (Å²) in [7, 11) is 0. The molecule has 0 saturated heterocycles. The van der Waals surface area contributed by atoms with Gasteiger partial charge in [0.15, 0.2) is 5.16 Å². The minimum atomic E-state index is -0.494. The van der Waals surface area contributed by atoms with Gasteiger partial charge in [-0.15, -0.1) is 0 Å². The summed E-state index contributed by atoms with van der Waals surface area (Å²) in [6.45, 7) is 0. The summed E-state index contributed by atoms with van der Waals surface area (Å²) in [5, 5.41) is 0.737. The number of aromatic amines is 3. The highest BCUT2D eigenvalue weighted by Gasteiger charge is 2.02. The maximum absolute atomic E-state index is 11.3. The number of rotatable bonds is 3. The molecule has 0 unspecified atom stereocenters. The molecule has 0 amide bonds. The molecule has 2 aromatic heterocycles. The van der Waals surface area contributed by atoms with Crippen LogP contribution in [-0.4, -0.2) is 19.9 Å². The first-order chi connectivity index (χ1) is 7.25. The van der Waals surface area contributed by atoms with E-state index in [1.807, 2.05) is 0 Å². The zero-order valence-corrected chi connectivity index (χ0v) is 8.43. The van der Waals surface area contributed by atoms with Crippen LogP contribution in [-0.2, 0) is 5.75 Å². The first-order valence-corrected chi connectivity index (χ1v) is 5.17. The molecule has 0 aliphatic heterocycles. The summed E-state index contributed by atoms with van der Waals surface area (Å²) in [6, 6.07) is 0. The van der Waals surface area contributed by atoms with Crippen LogP contribution in [0.25, 0.3) is 0 Å². The molecule has 0 fully saturated rings. The van der Waals surface area contributed by atoms with Gasteiger partial charge in [-0.05, 0) is 0 Å². The Morgan fingerprint density at radius 3 is 2.87 bits per heavy atom. The van der Waals surface area contributed by atoms with Crippen molar-refractivity contribution in [3.63, 3.8) is 0 Å². The molecule has 78 valence electrons. The van der Waals surface area contributed by atoms with E-state index in [-0.39, 0.29) is 5.56 Å². The van der Waals surface area contributed by atoms with E-state index in [2.05, 4.69) is 19.9 Å². The molecule has 6 nitrogen and oxygen atoms in total. The molecule has 7 heteroatoms. The highest BCUT2D eigenvalue weighted by Crippen LogP contribution is 2.15. The number of nitrogens with one attached hydrogen (secondary N) is 3. The van der Waals surface area contributed by atoms with E-state index < -0.39 is 5.69 Å². The van der Waals surface area contributed by atoms with Gasteiger partial charge < -0.3 is 9.97 Å². The Balaban J connectivity index is 2.12. The third kappa shape index (κ3) is 2.38. The molecule has 2 heterocycles. The lowest BCUT2D eigenvalue weighted by Gasteiger charge is -1.96. The van der Waals surface area contributed by atoms with Gasteiger partial charge in [-0.25, -0.2) is 9.78 Å². The first-order valence-electron chi connectivity index (χ1n) is 4.19. The lowest BCUT2D eigenvalue weighted by molar-refractivity contribution is 0.996. The largest absolute Gasteiger partial charge is 0.340 e. The fourth-order valence-corrected chi connectivity index (χ4v) is 1.81. The summed E-state index contributed by atoms with van der Waals surface area (Å²) in [5.74, 6) is 0.458. The predicted molar refractivity (Wildman–Crippen MR) is 55.8 cm³/mol. The van der Waals surface area contributed by atoms with Crippen LogP contribution in [0.2, 0.25) is 0 Å². The van der Waals surface area contributed by atoms with E-state index in [1.165, 1.54) is 18.0 Å². The average Bonchev–Trinajstić information content (AvgIpc) is 2.69. The molecule has 0 aromatic carbocycles. The smallest absolute Gasteiger partial charge is 0.325 e. The van der Waals surface area contributed by atoms with Crippen molar-refractivity contribution in [1.82, 2.24) is 19.9 Å². The van der Waals surface area contributed by atoms with E-state index in [0.29, 0.717) is 11.3 Å². The maximum Gasteiger partial charge on any atom is 0.325 e. The van der Waals surface area contributed by atoms with Crippen LogP contribution < -0.4 is 11.2 Å². The zero-order valence-electron chi connectivity index (χ0n) is 7.61. The number of H-pyrrole nitrogens is 3. The predicted octanol–water partition coefficient (Wildman–Crippen LogP) is 0.0786. The van der Waals surface area contributed by atoms with Crippen LogP contribution in [0.4, 0.5) is 0 Å². The second-order valence-electron chi connectivity index (χ2n) is 2.78. The first kappa shape index (κ1) is 9.78. The topological polar surface area (TPSA) is 94.4 Å². The molecule has 2 aromatic rings. The van der Waals surface area contributed by atoms with Gasteiger partial charge >= 0.3 is 5.69 Å². The van der Waals surface area contributed by atoms with Crippen molar-refractivity contribution in [2.24, 2.45) is 0 Å². The number of aromatic nitrogens is 4. The van der Waals surface area contributed by atoms with Gasteiger partial charge in [-0.3, -0.25) is 9.78 Å². The SMILES string of the molecule is O=c1[nH]cc(CSc2ncc[nH]2)c(=O)[nH]1. The molecule has 2 rings (SSSR count). The third-order valence-electron chi connectivity index (χ3n) is 1.73. The maximum atomic E-state index is 11.3. The van der Waals surface area contributed by atoms with Crippen molar-refractivity contribution in [1.29, 1.82) is 0 Å². The highest BCUT2D eigenvalue weighted by atomic mass is 32.2. The summed E-state index contributed by atoms with van der Waals surface area (Å²) in [6.07, 6.45) is 4.76. The Labute approximate surface area is 88.2 Å². The monoisotopic (exact) mass is 224 g/mol. The minimum absolute atomic E-state index is 0.363. The fraction of sp³-hybridized carbons (Fsp3) is 0.125. The number of hydrogen-bond acceptors (Lipinski definition) is 4. The van der Waals surface area contributed by atoms with Gasteiger partial charge in [-0.2, -0.15) is 0 Å².